The van der Waals surface area contributed by atoms with Gasteiger partial charge in [0.2, 0.25) is 5.82 Å². The van der Waals surface area contributed by atoms with Gasteiger partial charge in [-0.2, -0.15) is 0 Å². The number of nitrogens with zero attached hydrogens (tertiary/aromatic N) is 3. The monoisotopic (exact) mass is 371 g/mol. The largest absolute Gasteiger partial charge is 0.351 e. The molecule has 0 amide bonds. The number of allylic oxidation sites excluding steroid dienone is 1. The topological polar surface area (TPSA) is 59.3 Å². The van der Waals surface area contributed by atoms with Crippen LogP contribution in [0.5, 0.6) is 0 Å². The molecule has 2 aromatic rings. The van der Waals surface area contributed by atoms with Crippen molar-refractivity contribution >= 4 is 29.2 Å². The Morgan fingerprint density at radius 2 is 1.92 bits per heavy atom. The van der Waals surface area contributed by atoms with Gasteiger partial charge >= 0.3 is 5.69 Å². The molecule has 0 N–H and O–H groups in total. The Kier molecular flexibility index (Phi) is 5.89. The second-order valence-electron chi connectivity index (χ2n) is 6.67. The molecule has 0 saturated carbocycles. The number of hydrogen-bond donors (Lipinski definition) is 0. The molecule has 5 nitrogen and oxygen atoms in total. The molecule has 1 aromatic carbocycles. The number of halogens is 1. The summed E-state index contributed by atoms with van der Waals surface area (Å²) in [5, 5.41) is 12.0. The second-order valence-corrected chi connectivity index (χ2v) is 7.11. The van der Waals surface area contributed by atoms with E-state index in [4.69, 9.17) is 11.6 Å². The summed E-state index contributed by atoms with van der Waals surface area (Å²) in [4.78, 5) is 17.4. The Morgan fingerprint density at radius 1 is 1.23 bits per heavy atom. The van der Waals surface area contributed by atoms with Crippen LogP contribution >= 0.6 is 11.6 Å². The summed E-state index contributed by atoms with van der Waals surface area (Å²) in [7, 11) is 0. The Balaban J connectivity index is 1.57. The molecule has 1 aliphatic heterocycles. The molecule has 1 saturated heterocycles. The lowest BCUT2D eigenvalue weighted by molar-refractivity contribution is -0.384. The lowest BCUT2D eigenvalue weighted by Crippen LogP contribution is -2.34. The number of anilines is 1. The van der Waals surface area contributed by atoms with Crippen molar-refractivity contribution in [3.05, 3.63) is 68.9 Å². The normalized spacial score (nSPS) is 15.5. The van der Waals surface area contributed by atoms with Gasteiger partial charge in [0.05, 0.1) is 4.92 Å². The maximum absolute atomic E-state index is 11.3. The van der Waals surface area contributed by atoms with Gasteiger partial charge in [-0.25, -0.2) is 4.98 Å². The number of pyridine rings is 1. The molecule has 0 spiro atoms. The number of nitro groups is 1. The SMILES string of the molecule is Cc1ccc([N+](=O)[O-])c(N2CCC(C/C=C/c3ccc(Cl)cc3)CC2)n1. The zero-order valence-electron chi connectivity index (χ0n) is 14.8. The third kappa shape index (κ3) is 4.61. The molecule has 6 heteroatoms. The first-order valence-electron chi connectivity index (χ1n) is 8.82. The van der Waals surface area contributed by atoms with Gasteiger partial charge < -0.3 is 4.90 Å². The first kappa shape index (κ1) is 18.4. The fourth-order valence-electron chi connectivity index (χ4n) is 3.26. The Hall–Kier alpha value is -2.40. The van der Waals surface area contributed by atoms with Crippen molar-refractivity contribution in [1.29, 1.82) is 0 Å². The highest BCUT2D eigenvalue weighted by Crippen LogP contribution is 2.31. The zero-order chi connectivity index (χ0) is 18.5. The van der Waals surface area contributed by atoms with Crippen LogP contribution in [0.3, 0.4) is 0 Å². The van der Waals surface area contributed by atoms with Crippen molar-refractivity contribution in [1.82, 2.24) is 4.98 Å². The molecule has 0 atom stereocenters. The Labute approximate surface area is 158 Å². The fourth-order valence-corrected chi connectivity index (χ4v) is 3.39. The summed E-state index contributed by atoms with van der Waals surface area (Å²) in [6.07, 6.45) is 7.36. The fraction of sp³-hybridized carbons (Fsp3) is 0.350. The van der Waals surface area contributed by atoms with E-state index in [1.807, 2.05) is 36.1 Å². The molecule has 1 fully saturated rings. The van der Waals surface area contributed by atoms with Gasteiger partial charge in [-0.3, -0.25) is 10.1 Å². The molecule has 0 aliphatic carbocycles. The minimum Gasteiger partial charge on any atom is -0.351 e. The molecular formula is C20H22ClN3O2. The van der Waals surface area contributed by atoms with Crippen LogP contribution in [0.15, 0.2) is 42.5 Å². The number of hydrogen-bond acceptors (Lipinski definition) is 4. The van der Waals surface area contributed by atoms with Crippen LogP contribution in [-0.4, -0.2) is 23.0 Å². The molecule has 3 rings (SSSR count). The van der Waals surface area contributed by atoms with E-state index < -0.39 is 0 Å². The van der Waals surface area contributed by atoms with Crippen molar-refractivity contribution in [2.75, 3.05) is 18.0 Å². The highest BCUT2D eigenvalue weighted by Gasteiger charge is 2.25. The van der Waals surface area contributed by atoms with Gasteiger partial charge in [-0.05, 0) is 55.9 Å². The Morgan fingerprint density at radius 3 is 2.58 bits per heavy atom. The minimum absolute atomic E-state index is 0.0942. The number of aryl methyl sites for hydroxylation is 1. The third-order valence-corrected chi connectivity index (χ3v) is 5.01. The van der Waals surface area contributed by atoms with E-state index in [0.717, 1.165) is 48.6 Å². The molecule has 26 heavy (non-hydrogen) atoms. The molecule has 2 heterocycles. The average molecular weight is 372 g/mol. The van der Waals surface area contributed by atoms with Crippen molar-refractivity contribution in [3.63, 3.8) is 0 Å². The van der Waals surface area contributed by atoms with E-state index in [-0.39, 0.29) is 10.6 Å². The molecule has 0 bridgehead atoms. The predicted molar refractivity (Wildman–Crippen MR) is 106 cm³/mol. The number of rotatable bonds is 5. The molecule has 0 radical (unpaired) electrons. The lowest BCUT2D eigenvalue weighted by atomic mass is 9.93. The van der Waals surface area contributed by atoms with Crippen LogP contribution in [-0.2, 0) is 0 Å². The minimum atomic E-state index is -0.345. The van der Waals surface area contributed by atoms with Gasteiger partial charge in [0, 0.05) is 29.9 Å². The van der Waals surface area contributed by atoms with Crippen molar-refractivity contribution in [2.24, 2.45) is 5.92 Å². The van der Waals surface area contributed by atoms with Crippen molar-refractivity contribution in [2.45, 2.75) is 26.2 Å². The van der Waals surface area contributed by atoms with Crippen LogP contribution in [0, 0.1) is 23.0 Å². The maximum atomic E-state index is 11.3. The zero-order valence-corrected chi connectivity index (χ0v) is 15.5. The van der Waals surface area contributed by atoms with E-state index in [9.17, 15) is 10.1 Å². The third-order valence-electron chi connectivity index (χ3n) is 4.75. The van der Waals surface area contributed by atoms with Gasteiger partial charge in [0.25, 0.3) is 0 Å². The smallest absolute Gasteiger partial charge is 0.311 e. The lowest BCUT2D eigenvalue weighted by Gasteiger charge is -2.32. The van der Waals surface area contributed by atoms with Crippen molar-refractivity contribution < 1.29 is 4.92 Å². The van der Waals surface area contributed by atoms with Gasteiger partial charge in [0.1, 0.15) is 0 Å². The number of piperidine rings is 1. The average Bonchev–Trinajstić information content (AvgIpc) is 2.63. The summed E-state index contributed by atoms with van der Waals surface area (Å²) in [6, 6.07) is 11.0. The van der Waals surface area contributed by atoms with Gasteiger partial charge in [0.15, 0.2) is 0 Å². The van der Waals surface area contributed by atoms with Crippen LogP contribution in [0.2, 0.25) is 5.02 Å². The van der Waals surface area contributed by atoms with Crippen LogP contribution in [0.4, 0.5) is 11.5 Å². The summed E-state index contributed by atoms with van der Waals surface area (Å²) in [5.41, 5.74) is 2.04. The summed E-state index contributed by atoms with van der Waals surface area (Å²) >= 11 is 5.90. The predicted octanol–water partition coefficient (Wildman–Crippen LogP) is 5.27. The van der Waals surface area contributed by atoms with E-state index in [2.05, 4.69) is 17.1 Å². The summed E-state index contributed by atoms with van der Waals surface area (Å²) < 4.78 is 0. The van der Waals surface area contributed by atoms with Crippen LogP contribution in [0.1, 0.15) is 30.5 Å². The first-order chi connectivity index (χ1) is 12.5. The molecule has 1 aromatic heterocycles. The second kappa shape index (κ2) is 8.32. The summed E-state index contributed by atoms with van der Waals surface area (Å²) in [5.74, 6) is 1.10. The standard InChI is InChI=1S/C20H22ClN3O2/c1-15-5-10-19(24(25)26)20(22-15)23-13-11-17(12-14-23)4-2-3-16-6-8-18(21)9-7-16/h2-3,5-10,17H,4,11-14H2,1H3/b3-2+. The number of benzene rings is 1. The molecule has 136 valence electrons. The van der Waals surface area contributed by atoms with E-state index in [1.165, 1.54) is 0 Å². The Bertz CT molecular complexity index is 797. The van der Waals surface area contributed by atoms with Crippen LogP contribution < -0.4 is 4.90 Å². The molecule has 1 aliphatic rings. The van der Waals surface area contributed by atoms with E-state index >= 15 is 0 Å². The maximum Gasteiger partial charge on any atom is 0.311 e. The molecular weight excluding hydrogens is 350 g/mol. The number of aromatic nitrogens is 1. The summed E-state index contributed by atoms with van der Waals surface area (Å²) in [6.45, 7) is 3.47. The van der Waals surface area contributed by atoms with E-state index in [0.29, 0.717) is 11.7 Å². The van der Waals surface area contributed by atoms with E-state index in [1.54, 1.807) is 12.1 Å². The van der Waals surface area contributed by atoms with Gasteiger partial charge in [-0.15, -0.1) is 0 Å². The van der Waals surface area contributed by atoms with Gasteiger partial charge in [-0.1, -0.05) is 35.9 Å². The quantitative estimate of drug-likeness (QED) is 0.530. The molecule has 0 unspecified atom stereocenters. The van der Waals surface area contributed by atoms with Crippen LogP contribution in [0.25, 0.3) is 6.08 Å². The van der Waals surface area contributed by atoms with Crippen molar-refractivity contribution in [3.8, 4) is 0 Å². The highest BCUT2D eigenvalue weighted by atomic mass is 35.5. The highest BCUT2D eigenvalue weighted by molar-refractivity contribution is 6.30. The first-order valence-corrected chi connectivity index (χ1v) is 9.20.